The molecule has 2 unspecified atom stereocenters. The minimum Gasteiger partial charge on any atom is -0.0932 e. The average molecular weight is 214 g/mol. The zero-order chi connectivity index (χ0) is 11.4. The highest BCUT2D eigenvalue weighted by atomic mass is 14.4. The van der Waals surface area contributed by atoms with E-state index in [-0.39, 0.29) is 0 Å². The van der Waals surface area contributed by atoms with Gasteiger partial charge in [-0.05, 0) is 22.3 Å². The highest BCUT2D eigenvalue weighted by Gasteiger charge is 2.38. The highest BCUT2D eigenvalue weighted by molar-refractivity contribution is 6.24. The molecule has 0 aliphatic heterocycles. The summed E-state index contributed by atoms with van der Waals surface area (Å²) in [7, 11) is 6.09. The molecule has 0 aromatic heterocycles. The summed E-state index contributed by atoms with van der Waals surface area (Å²) in [6.07, 6.45) is 10.8. The Morgan fingerprint density at radius 1 is 1.06 bits per heavy atom. The van der Waals surface area contributed by atoms with Gasteiger partial charge in [0.1, 0.15) is 7.85 Å². The third-order valence-corrected chi connectivity index (χ3v) is 4.03. The van der Waals surface area contributed by atoms with Crippen molar-refractivity contribution in [2.75, 3.05) is 0 Å². The number of hydrogen-bond donors (Lipinski definition) is 0. The molecule has 1 heteroatoms. The lowest BCUT2D eigenvalue weighted by Crippen LogP contribution is -2.14. The third-order valence-electron chi connectivity index (χ3n) is 4.03. The molecule has 0 nitrogen and oxygen atoms in total. The Kier molecular flexibility index (Phi) is 1.71. The number of allylic oxidation sites excluding steroid dienone is 8. The molecular formula is C16H11B. The number of fused-ring (bicyclic) bond motifs is 3. The van der Waals surface area contributed by atoms with Gasteiger partial charge < -0.3 is 0 Å². The standard InChI is InChI=1S/C16H11B/c17-15-9-8-13-11-5-2-1-4-10(11)12-6-3-7-14(15)16(12)13/h1-9,13,16H. The van der Waals surface area contributed by atoms with Crippen LogP contribution >= 0.6 is 0 Å². The van der Waals surface area contributed by atoms with Gasteiger partial charge >= 0.3 is 0 Å². The predicted octanol–water partition coefficient (Wildman–Crippen LogP) is 3.35. The summed E-state index contributed by atoms with van der Waals surface area (Å²) in [4.78, 5) is 0. The van der Waals surface area contributed by atoms with Gasteiger partial charge in [0.2, 0.25) is 0 Å². The Labute approximate surface area is 102 Å². The SMILES string of the molecule is [B]C1=C2C=CC=C3c4ccccc4C(C=C1)C32. The Morgan fingerprint density at radius 2 is 1.94 bits per heavy atom. The molecule has 0 spiro atoms. The first-order valence-electron chi connectivity index (χ1n) is 6.01. The fraction of sp³-hybridized carbons (Fsp3) is 0.125. The molecule has 1 aromatic rings. The van der Waals surface area contributed by atoms with Crippen LogP contribution in [0.2, 0.25) is 0 Å². The second-order valence-corrected chi connectivity index (χ2v) is 4.84. The first-order chi connectivity index (χ1) is 8.36. The summed E-state index contributed by atoms with van der Waals surface area (Å²) in [6, 6.07) is 8.70. The number of benzene rings is 1. The zero-order valence-corrected chi connectivity index (χ0v) is 9.43. The van der Waals surface area contributed by atoms with Crippen molar-refractivity contribution in [1.82, 2.24) is 0 Å². The Bertz CT molecular complexity index is 629. The monoisotopic (exact) mass is 214 g/mol. The van der Waals surface area contributed by atoms with Crippen LogP contribution in [0.25, 0.3) is 5.57 Å². The minimum absolute atomic E-state index is 0.447. The van der Waals surface area contributed by atoms with Crippen molar-refractivity contribution in [1.29, 1.82) is 0 Å². The van der Waals surface area contributed by atoms with Gasteiger partial charge in [-0.25, -0.2) is 0 Å². The number of hydrogen-bond acceptors (Lipinski definition) is 0. The van der Waals surface area contributed by atoms with Crippen molar-refractivity contribution in [3.63, 3.8) is 0 Å². The van der Waals surface area contributed by atoms with E-state index in [2.05, 4.69) is 54.6 Å². The molecule has 2 radical (unpaired) electrons. The minimum atomic E-state index is 0.447. The molecule has 3 aliphatic carbocycles. The molecule has 0 saturated heterocycles. The van der Waals surface area contributed by atoms with Gasteiger partial charge in [-0.1, -0.05) is 60.1 Å². The van der Waals surface area contributed by atoms with Crippen LogP contribution in [0.15, 0.2) is 65.7 Å². The second kappa shape index (κ2) is 3.13. The molecular weight excluding hydrogens is 203 g/mol. The molecule has 0 fully saturated rings. The Balaban J connectivity index is 2.04. The zero-order valence-electron chi connectivity index (χ0n) is 9.43. The molecule has 4 rings (SSSR count). The normalized spacial score (nSPS) is 27.9. The number of rotatable bonds is 0. The molecule has 2 atom stereocenters. The van der Waals surface area contributed by atoms with Gasteiger partial charge in [0, 0.05) is 11.8 Å². The van der Waals surface area contributed by atoms with E-state index in [1.807, 2.05) is 0 Å². The van der Waals surface area contributed by atoms with Gasteiger partial charge in [0.05, 0.1) is 0 Å². The maximum atomic E-state index is 6.09. The van der Waals surface area contributed by atoms with E-state index in [1.165, 1.54) is 22.3 Å². The third kappa shape index (κ3) is 1.09. The highest BCUT2D eigenvalue weighted by Crippen LogP contribution is 2.53. The lowest BCUT2D eigenvalue weighted by atomic mass is 9.71. The van der Waals surface area contributed by atoms with Gasteiger partial charge in [0.15, 0.2) is 0 Å². The molecule has 1 aromatic carbocycles. The smallest absolute Gasteiger partial charge is 0.0932 e. The maximum absolute atomic E-state index is 6.09. The van der Waals surface area contributed by atoms with Crippen LogP contribution < -0.4 is 0 Å². The molecule has 0 amide bonds. The van der Waals surface area contributed by atoms with Gasteiger partial charge in [-0.15, -0.1) is 0 Å². The van der Waals surface area contributed by atoms with E-state index in [0.29, 0.717) is 11.8 Å². The van der Waals surface area contributed by atoms with Crippen molar-refractivity contribution >= 4 is 13.4 Å². The predicted molar refractivity (Wildman–Crippen MR) is 71.7 cm³/mol. The summed E-state index contributed by atoms with van der Waals surface area (Å²) < 4.78 is 0. The molecule has 0 heterocycles. The first kappa shape index (κ1) is 9.29. The van der Waals surface area contributed by atoms with Crippen LogP contribution in [0.4, 0.5) is 0 Å². The fourth-order valence-corrected chi connectivity index (χ4v) is 3.30. The molecule has 17 heavy (non-hydrogen) atoms. The molecule has 78 valence electrons. The lowest BCUT2D eigenvalue weighted by Gasteiger charge is -2.27. The average Bonchev–Trinajstić information content (AvgIpc) is 2.70. The van der Waals surface area contributed by atoms with Gasteiger partial charge in [0.25, 0.3) is 0 Å². The Morgan fingerprint density at radius 3 is 2.88 bits per heavy atom. The fourth-order valence-electron chi connectivity index (χ4n) is 3.30. The van der Waals surface area contributed by atoms with Crippen molar-refractivity contribution in [3.8, 4) is 0 Å². The second-order valence-electron chi connectivity index (χ2n) is 4.84. The van der Waals surface area contributed by atoms with Crippen molar-refractivity contribution in [2.24, 2.45) is 5.92 Å². The van der Waals surface area contributed by atoms with Crippen molar-refractivity contribution in [3.05, 3.63) is 76.8 Å². The van der Waals surface area contributed by atoms with Crippen molar-refractivity contribution in [2.45, 2.75) is 5.92 Å². The van der Waals surface area contributed by atoms with E-state index in [9.17, 15) is 0 Å². The van der Waals surface area contributed by atoms with Gasteiger partial charge in [-0.3, -0.25) is 0 Å². The van der Waals surface area contributed by atoms with E-state index < -0.39 is 0 Å². The lowest BCUT2D eigenvalue weighted by molar-refractivity contribution is 0.719. The van der Waals surface area contributed by atoms with Crippen LogP contribution in [-0.4, -0.2) is 7.85 Å². The van der Waals surface area contributed by atoms with E-state index in [1.54, 1.807) is 0 Å². The van der Waals surface area contributed by atoms with E-state index in [0.717, 1.165) is 5.47 Å². The topological polar surface area (TPSA) is 0 Å². The van der Waals surface area contributed by atoms with E-state index in [4.69, 9.17) is 7.85 Å². The molecule has 0 N–H and O–H groups in total. The summed E-state index contributed by atoms with van der Waals surface area (Å²) in [5.74, 6) is 0.923. The quantitative estimate of drug-likeness (QED) is 0.581. The van der Waals surface area contributed by atoms with Crippen LogP contribution in [0, 0.1) is 5.92 Å². The molecule has 0 saturated carbocycles. The Hall–Kier alpha value is -1.76. The van der Waals surface area contributed by atoms with Crippen molar-refractivity contribution < 1.29 is 0 Å². The first-order valence-corrected chi connectivity index (χ1v) is 6.01. The summed E-state index contributed by atoms with van der Waals surface area (Å²) in [5, 5.41) is 0. The summed E-state index contributed by atoms with van der Waals surface area (Å²) >= 11 is 0. The van der Waals surface area contributed by atoms with Crippen LogP contribution in [0.1, 0.15) is 17.0 Å². The molecule has 0 bridgehead atoms. The van der Waals surface area contributed by atoms with Gasteiger partial charge in [-0.2, -0.15) is 0 Å². The van der Waals surface area contributed by atoms with Crippen LogP contribution in [0.5, 0.6) is 0 Å². The molecule has 3 aliphatic rings. The summed E-state index contributed by atoms with van der Waals surface area (Å²) in [6.45, 7) is 0. The largest absolute Gasteiger partial charge is 0.114 e. The van der Waals surface area contributed by atoms with E-state index >= 15 is 0 Å². The van der Waals surface area contributed by atoms with Crippen LogP contribution in [0.3, 0.4) is 0 Å². The van der Waals surface area contributed by atoms with Crippen LogP contribution in [-0.2, 0) is 0 Å². The maximum Gasteiger partial charge on any atom is 0.114 e. The summed E-state index contributed by atoms with van der Waals surface area (Å²) in [5.41, 5.74) is 6.46.